The highest BCUT2D eigenvalue weighted by atomic mass is 16.5. The Hall–Kier alpha value is -2.66. The molecule has 0 saturated carbocycles. The van der Waals surface area contributed by atoms with Crippen LogP contribution in [-0.2, 0) is 11.2 Å². The van der Waals surface area contributed by atoms with Crippen molar-refractivity contribution in [2.75, 3.05) is 33.2 Å². The molecular weight excluding hydrogens is 326 g/mol. The first-order valence-electron chi connectivity index (χ1n) is 8.72. The largest absolute Gasteiger partial charge is 0.465 e. The molecule has 0 saturated heterocycles. The molecule has 0 heterocycles. The molecule has 1 N–H and O–H groups in total. The molecule has 0 spiro atoms. The van der Waals surface area contributed by atoms with E-state index in [1.54, 1.807) is 18.2 Å². The predicted octanol–water partition coefficient (Wildman–Crippen LogP) is 3.80. The van der Waals surface area contributed by atoms with E-state index >= 15 is 0 Å². The van der Waals surface area contributed by atoms with Crippen LogP contribution >= 0.6 is 0 Å². The van der Waals surface area contributed by atoms with Gasteiger partial charge in [0.05, 0.1) is 24.1 Å². The van der Waals surface area contributed by atoms with E-state index in [2.05, 4.69) is 53.8 Å². The standard InChI is InChI=1S/C21H27N3O2/c1-16(18-12-10-17(11-13-18)7-6-14-24(2)3)22-23-20-9-5-8-19(15-20)21(25)26-4/h5,8-13,15,23H,6-7,14H2,1-4H3. The van der Waals surface area contributed by atoms with Crippen LogP contribution in [0.25, 0.3) is 0 Å². The third-order valence-electron chi connectivity index (χ3n) is 4.08. The lowest BCUT2D eigenvalue weighted by atomic mass is 10.1. The predicted molar refractivity (Wildman–Crippen MR) is 107 cm³/mol. The fourth-order valence-corrected chi connectivity index (χ4v) is 2.56. The van der Waals surface area contributed by atoms with Gasteiger partial charge in [-0.2, -0.15) is 5.10 Å². The monoisotopic (exact) mass is 353 g/mol. The van der Waals surface area contributed by atoms with E-state index < -0.39 is 0 Å². The van der Waals surface area contributed by atoms with Crippen molar-refractivity contribution in [3.8, 4) is 0 Å². The lowest BCUT2D eigenvalue weighted by Crippen LogP contribution is -2.13. The number of nitrogens with one attached hydrogen (secondary N) is 1. The number of esters is 1. The second kappa shape index (κ2) is 9.73. The Labute approximate surface area is 155 Å². The molecule has 0 fully saturated rings. The first kappa shape index (κ1) is 19.7. The summed E-state index contributed by atoms with van der Waals surface area (Å²) in [5, 5.41) is 4.41. The zero-order valence-corrected chi connectivity index (χ0v) is 16.0. The van der Waals surface area contributed by atoms with Gasteiger partial charge in [-0.05, 0) is 69.7 Å². The van der Waals surface area contributed by atoms with Crippen molar-refractivity contribution in [1.82, 2.24) is 4.90 Å². The summed E-state index contributed by atoms with van der Waals surface area (Å²) in [6, 6.07) is 15.6. The van der Waals surface area contributed by atoms with Gasteiger partial charge in [0.1, 0.15) is 0 Å². The van der Waals surface area contributed by atoms with Crippen molar-refractivity contribution in [2.24, 2.45) is 5.10 Å². The third kappa shape index (κ3) is 6.01. The Morgan fingerprint density at radius 1 is 1.12 bits per heavy atom. The summed E-state index contributed by atoms with van der Waals surface area (Å²) >= 11 is 0. The van der Waals surface area contributed by atoms with Gasteiger partial charge in [-0.25, -0.2) is 4.79 Å². The molecule has 0 aromatic heterocycles. The van der Waals surface area contributed by atoms with Crippen molar-refractivity contribution in [1.29, 1.82) is 0 Å². The molecule has 138 valence electrons. The summed E-state index contributed by atoms with van der Waals surface area (Å²) in [5.74, 6) is -0.362. The molecule has 26 heavy (non-hydrogen) atoms. The van der Waals surface area contributed by atoms with Gasteiger partial charge in [0.25, 0.3) is 0 Å². The number of hydrogen-bond acceptors (Lipinski definition) is 5. The van der Waals surface area contributed by atoms with E-state index in [1.165, 1.54) is 12.7 Å². The van der Waals surface area contributed by atoms with E-state index in [1.807, 2.05) is 13.0 Å². The van der Waals surface area contributed by atoms with Gasteiger partial charge in [0.2, 0.25) is 0 Å². The SMILES string of the molecule is COC(=O)c1cccc(NN=C(C)c2ccc(CCCN(C)C)cc2)c1. The zero-order valence-electron chi connectivity index (χ0n) is 16.0. The second-order valence-electron chi connectivity index (χ2n) is 6.49. The van der Waals surface area contributed by atoms with E-state index in [0.29, 0.717) is 5.56 Å². The Morgan fingerprint density at radius 3 is 2.50 bits per heavy atom. The molecule has 0 radical (unpaired) electrons. The van der Waals surface area contributed by atoms with Gasteiger partial charge in [0.15, 0.2) is 0 Å². The van der Waals surface area contributed by atoms with Gasteiger partial charge < -0.3 is 9.64 Å². The minimum absolute atomic E-state index is 0.362. The van der Waals surface area contributed by atoms with Gasteiger partial charge >= 0.3 is 5.97 Å². The van der Waals surface area contributed by atoms with Crippen LogP contribution in [0.3, 0.4) is 0 Å². The maximum Gasteiger partial charge on any atom is 0.337 e. The number of carbonyl (C=O) groups excluding carboxylic acids is 1. The average molecular weight is 353 g/mol. The number of ether oxygens (including phenoxy) is 1. The van der Waals surface area contributed by atoms with E-state index in [-0.39, 0.29) is 5.97 Å². The number of carbonyl (C=O) groups is 1. The van der Waals surface area contributed by atoms with Crippen LogP contribution in [0.4, 0.5) is 5.69 Å². The van der Waals surface area contributed by atoms with Gasteiger partial charge in [-0.15, -0.1) is 0 Å². The molecule has 0 aliphatic rings. The molecule has 0 aliphatic carbocycles. The second-order valence-corrected chi connectivity index (χ2v) is 6.49. The molecule has 0 aliphatic heterocycles. The molecule has 5 heteroatoms. The number of hydrogen-bond donors (Lipinski definition) is 1. The van der Waals surface area contributed by atoms with Crippen LogP contribution in [0, 0.1) is 0 Å². The molecule has 0 amide bonds. The van der Waals surface area contributed by atoms with Crippen molar-refractivity contribution < 1.29 is 9.53 Å². The van der Waals surface area contributed by atoms with Crippen molar-refractivity contribution in [2.45, 2.75) is 19.8 Å². The molecule has 0 atom stereocenters. The van der Waals surface area contributed by atoms with Crippen LogP contribution < -0.4 is 5.43 Å². The minimum Gasteiger partial charge on any atom is -0.465 e. The normalized spacial score (nSPS) is 11.5. The summed E-state index contributed by atoms with van der Waals surface area (Å²) in [5.41, 5.74) is 7.52. The Balaban J connectivity index is 1.98. The van der Waals surface area contributed by atoms with Crippen LogP contribution in [0.5, 0.6) is 0 Å². The van der Waals surface area contributed by atoms with Gasteiger partial charge in [-0.3, -0.25) is 5.43 Å². The molecule has 0 unspecified atom stereocenters. The summed E-state index contributed by atoms with van der Waals surface area (Å²) in [6.07, 6.45) is 2.23. The third-order valence-corrected chi connectivity index (χ3v) is 4.08. The van der Waals surface area contributed by atoms with Gasteiger partial charge in [0, 0.05) is 0 Å². The zero-order chi connectivity index (χ0) is 18.9. The van der Waals surface area contributed by atoms with Crippen molar-refractivity contribution in [3.63, 3.8) is 0 Å². The highest BCUT2D eigenvalue weighted by molar-refractivity contribution is 5.99. The number of aryl methyl sites for hydroxylation is 1. The summed E-state index contributed by atoms with van der Waals surface area (Å²) < 4.78 is 4.73. The number of rotatable bonds is 8. The van der Waals surface area contributed by atoms with Crippen LogP contribution in [-0.4, -0.2) is 44.3 Å². The molecule has 2 aromatic rings. The van der Waals surface area contributed by atoms with Crippen LogP contribution in [0.1, 0.15) is 34.8 Å². The molecule has 2 rings (SSSR count). The Morgan fingerprint density at radius 2 is 1.85 bits per heavy atom. The fourth-order valence-electron chi connectivity index (χ4n) is 2.56. The first-order valence-corrected chi connectivity index (χ1v) is 8.72. The van der Waals surface area contributed by atoms with E-state index in [0.717, 1.165) is 36.3 Å². The van der Waals surface area contributed by atoms with Crippen molar-refractivity contribution >= 4 is 17.4 Å². The molecular formula is C21H27N3O2. The Kier molecular flexibility index (Phi) is 7.36. The smallest absolute Gasteiger partial charge is 0.337 e. The van der Waals surface area contributed by atoms with Crippen molar-refractivity contribution in [3.05, 3.63) is 65.2 Å². The average Bonchev–Trinajstić information content (AvgIpc) is 2.66. The number of methoxy groups -OCH3 is 1. The van der Waals surface area contributed by atoms with Crippen LogP contribution in [0.2, 0.25) is 0 Å². The maximum absolute atomic E-state index is 11.6. The maximum atomic E-state index is 11.6. The van der Waals surface area contributed by atoms with Gasteiger partial charge in [-0.1, -0.05) is 30.3 Å². The topological polar surface area (TPSA) is 53.9 Å². The fraction of sp³-hybridized carbons (Fsp3) is 0.333. The first-order chi connectivity index (χ1) is 12.5. The number of hydrazone groups is 1. The number of anilines is 1. The summed E-state index contributed by atoms with van der Waals surface area (Å²) in [6.45, 7) is 3.05. The molecule has 2 aromatic carbocycles. The Bertz CT molecular complexity index is 752. The van der Waals surface area contributed by atoms with Crippen LogP contribution in [0.15, 0.2) is 53.6 Å². The highest BCUT2D eigenvalue weighted by Gasteiger charge is 2.05. The summed E-state index contributed by atoms with van der Waals surface area (Å²) in [7, 11) is 5.56. The molecule has 0 bridgehead atoms. The lowest BCUT2D eigenvalue weighted by molar-refractivity contribution is 0.0601. The number of benzene rings is 2. The summed E-state index contributed by atoms with van der Waals surface area (Å²) in [4.78, 5) is 13.8. The lowest BCUT2D eigenvalue weighted by Gasteiger charge is -2.09. The highest BCUT2D eigenvalue weighted by Crippen LogP contribution is 2.13. The molecule has 5 nitrogen and oxygen atoms in total. The van der Waals surface area contributed by atoms with E-state index in [9.17, 15) is 4.79 Å². The van der Waals surface area contributed by atoms with E-state index in [4.69, 9.17) is 4.74 Å². The minimum atomic E-state index is -0.362. The quantitative estimate of drug-likeness (QED) is 0.445. The number of nitrogens with zero attached hydrogens (tertiary/aromatic N) is 2.